The van der Waals surface area contributed by atoms with E-state index in [2.05, 4.69) is 9.71 Å². The highest BCUT2D eigenvalue weighted by atomic mass is 32.2. The van der Waals surface area contributed by atoms with Crippen molar-refractivity contribution in [2.75, 3.05) is 19.6 Å². The predicted molar refractivity (Wildman–Crippen MR) is 85.2 cm³/mol. The van der Waals surface area contributed by atoms with E-state index >= 15 is 0 Å². The van der Waals surface area contributed by atoms with Crippen LogP contribution in [0.5, 0.6) is 5.88 Å². The van der Waals surface area contributed by atoms with Crippen LogP contribution in [0.2, 0.25) is 0 Å². The molecular weight excluding hydrogens is 334 g/mol. The molecule has 1 atom stereocenters. The van der Waals surface area contributed by atoms with Crippen molar-refractivity contribution in [3.05, 3.63) is 18.3 Å². The number of hydrogen-bond acceptors (Lipinski definition) is 6. The molecule has 1 aromatic rings. The number of carbonyl (C=O) groups excluding carboxylic acids is 1. The third-order valence-electron chi connectivity index (χ3n) is 3.89. The van der Waals surface area contributed by atoms with Crippen LogP contribution in [-0.4, -0.2) is 55.2 Å². The number of fused-ring (bicyclic) bond motifs is 1. The van der Waals surface area contributed by atoms with Gasteiger partial charge in [0.2, 0.25) is 15.9 Å². The molecule has 1 amide bonds. The van der Waals surface area contributed by atoms with Crippen LogP contribution in [0.25, 0.3) is 0 Å². The van der Waals surface area contributed by atoms with Crippen molar-refractivity contribution in [3.63, 3.8) is 0 Å². The fraction of sp³-hybridized carbons (Fsp3) is 0.600. The van der Waals surface area contributed by atoms with E-state index in [1.54, 1.807) is 26.8 Å². The zero-order valence-electron chi connectivity index (χ0n) is 13.9. The third-order valence-corrected chi connectivity index (χ3v) is 5.31. The maximum absolute atomic E-state index is 12.3. The number of ether oxygens (including phenoxy) is 2. The first kappa shape index (κ1) is 17.0. The standard InChI is InChI=1S/C15H21N3O5S/c1-14(2,3)23-13(19)18-8-6-15(10-18)9-17-24(20,21)11-5-4-7-16-12(11)22-15/h4-5,7,17H,6,8-10H2,1-3H3. The number of aromatic nitrogens is 1. The Bertz CT molecular complexity index is 759. The van der Waals surface area contributed by atoms with Gasteiger partial charge in [0.15, 0.2) is 0 Å². The van der Waals surface area contributed by atoms with Gasteiger partial charge in [-0.3, -0.25) is 0 Å². The van der Waals surface area contributed by atoms with Crippen molar-refractivity contribution >= 4 is 16.1 Å². The van der Waals surface area contributed by atoms with Crippen LogP contribution in [0, 0.1) is 0 Å². The van der Waals surface area contributed by atoms with E-state index < -0.39 is 27.3 Å². The van der Waals surface area contributed by atoms with E-state index in [-0.39, 0.29) is 23.9 Å². The van der Waals surface area contributed by atoms with Gasteiger partial charge >= 0.3 is 6.09 Å². The first-order valence-electron chi connectivity index (χ1n) is 7.72. The molecule has 2 aliphatic heterocycles. The zero-order valence-corrected chi connectivity index (χ0v) is 14.7. The van der Waals surface area contributed by atoms with Gasteiger partial charge in [-0.25, -0.2) is 22.9 Å². The quantitative estimate of drug-likeness (QED) is 0.749. The number of likely N-dealkylation sites (tertiary alicyclic amines) is 1. The predicted octanol–water partition coefficient (Wildman–Crippen LogP) is 1.13. The number of nitrogens with zero attached hydrogens (tertiary/aromatic N) is 2. The van der Waals surface area contributed by atoms with Crippen molar-refractivity contribution in [1.29, 1.82) is 0 Å². The molecule has 1 spiro atoms. The second kappa shape index (κ2) is 5.59. The topological polar surface area (TPSA) is 97.8 Å². The highest BCUT2D eigenvalue weighted by Crippen LogP contribution is 2.33. The van der Waals surface area contributed by atoms with Crippen LogP contribution in [0.1, 0.15) is 27.2 Å². The lowest BCUT2D eigenvalue weighted by atomic mass is 10.0. The Morgan fingerprint density at radius 1 is 1.46 bits per heavy atom. The zero-order chi connectivity index (χ0) is 17.6. The Hall–Kier alpha value is -1.87. The molecule has 9 heteroatoms. The van der Waals surface area contributed by atoms with Crippen molar-refractivity contribution in [3.8, 4) is 5.88 Å². The number of nitrogens with one attached hydrogen (secondary N) is 1. The largest absolute Gasteiger partial charge is 0.467 e. The highest BCUT2D eigenvalue weighted by Gasteiger charge is 2.47. The first-order chi connectivity index (χ1) is 11.1. The Morgan fingerprint density at radius 3 is 2.92 bits per heavy atom. The molecule has 1 N–H and O–H groups in total. The van der Waals surface area contributed by atoms with Gasteiger partial charge in [-0.15, -0.1) is 0 Å². The van der Waals surface area contributed by atoms with Gasteiger partial charge in [-0.1, -0.05) is 0 Å². The van der Waals surface area contributed by atoms with E-state index in [1.807, 2.05) is 0 Å². The van der Waals surface area contributed by atoms with E-state index in [1.165, 1.54) is 17.2 Å². The second-order valence-corrected chi connectivity index (χ2v) is 8.80. The van der Waals surface area contributed by atoms with Crippen LogP contribution in [0.3, 0.4) is 0 Å². The molecule has 1 unspecified atom stereocenters. The number of sulfonamides is 1. The molecule has 1 saturated heterocycles. The van der Waals surface area contributed by atoms with Crippen molar-refractivity contribution in [1.82, 2.24) is 14.6 Å². The summed E-state index contributed by atoms with van der Waals surface area (Å²) in [5, 5.41) is 0. The molecule has 0 bridgehead atoms. The molecule has 0 aromatic carbocycles. The van der Waals surface area contributed by atoms with Gasteiger partial charge in [0.25, 0.3) is 0 Å². The minimum Gasteiger partial charge on any atom is -0.467 e. The Balaban J connectivity index is 1.83. The Kier molecular flexibility index (Phi) is 3.95. The van der Waals surface area contributed by atoms with Gasteiger partial charge in [-0.2, -0.15) is 0 Å². The molecule has 24 heavy (non-hydrogen) atoms. The number of rotatable bonds is 0. The van der Waals surface area contributed by atoms with E-state index in [0.29, 0.717) is 13.0 Å². The maximum Gasteiger partial charge on any atom is 0.410 e. The van der Waals surface area contributed by atoms with Crippen molar-refractivity contribution in [2.45, 2.75) is 43.3 Å². The molecule has 8 nitrogen and oxygen atoms in total. The number of carbonyl (C=O) groups is 1. The lowest BCUT2D eigenvalue weighted by Crippen LogP contribution is -2.48. The number of hydrogen-bond donors (Lipinski definition) is 1. The fourth-order valence-electron chi connectivity index (χ4n) is 2.76. The van der Waals surface area contributed by atoms with Crippen LogP contribution in [-0.2, 0) is 14.8 Å². The molecule has 0 saturated carbocycles. The summed E-state index contributed by atoms with van der Waals surface area (Å²) in [4.78, 5) is 17.8. The number of pyridine rings is 1. The first-order valence-corrected chi connectivity index (χ1v) is 9.20. The average Bonchev–Trinajstić information content (AvgIpc) is 2.84. The minimum absolute atomic E-state index is 0.0117. The molecule has 3 heterocycles. The molecule has 3 rings (SSSR count). The van der Waals surface area contributed by atoms with Gasteiger partial charge in [0.1, 0.15) is 16.1 Å². The normalized spacial score (nSPS) is 25.7. The van der Waals surface area contributed by atoms with Gasteiger partial charge in [0.05, 0.1) is 13.1 Å². The smallest absolute Gasteiger partial charge is 0.410 e. The van der Waals surface area contributed by atoms with E-state index in [9.17, 15) is 13.2 Å². The second-order valence-electron chi connectivity index (χ2n) is 7.07. The molecule has 132 valence electrons. The van der Waals surface area contributed by atoms with Gasteiger partial charge in [0, 0.05) is 19.2 Å². The van der Waals surface area contributed by atoms with Crippen LogP contribution in [0.15, 0.2) is 23.2 Å². The molecule has 0 radical (unpaired) electrons. The summed E-state index contributed by atoms with van der Waals surface area (Å²) in [7, 11) is -3.68. The van der Waals surface area contributed by atoms with Crippen LogP contribution < -0.4 is 9.46 Å². The summed E-state index contributed by atoms with van der Waals surface area (Å²) in [6.45, 7) is 6.14. The van der Waals surface area contributed by atoms with Gasteiger partial charge < -0.3 is 14.4 Å². The Labute approximate surface area is 141 Å². The Morgan fingerprint density at radius 2 is 2.21 bits per heavy atom. The molecule has 1 fully saturated rings. The summed E-state index contributed by atoms with van der Waals surface area (Å²) >= 11 is 0. The lowest BCUT2D eigenvalue weighted by Gasteiger charge is -2.29. The summed E-state index contributed by atoms with van der Waals surface area (Å²) in [6, 6.07) is 2.99. The summed E-state index contributed by atoms with van der Waals surface area (Å²) in [5.74, 6) is 0.0635. The van der Waals surface area contributed by atoms with Crippen molar-refractivity contribution in [2.24, 2.45) is 0 Å². The monoisotopic (exact) mass is 355 g/mol. The molecule has 0 aliphatic carbocycles. The summed E-state index contributed by atoms with van der Waals surface area (Å²) in [5.41, 5.74) is -1.43. The minimum atomic E-state index is -3.68. The SMILES string of the molecule is CC(C)(C)OC(=O)N1CCC2(CNS(=O)(=O)c3cccnc3O2)C1. The molecule has 2 aliphatic rings. The molecule has 1 aromatic heterocycles. The third kappa shape index (κ3) is 3.32. The lowest BCUT2D eigenvalue weighted by molar-refractivity contribution is 0.0209. The summed E-state index contributed by atoms with van der Waals surface area (Å²) in [6.07, 6.45) is 1.54. The van der Waals surface area contributed by atoms with E-state index in [0.717, 1.165) is 0 Å². The van der Waals surface area contributed by atoms with Crippen LogP contribution >= 0.6 is 0 Å². The van der Waals surface area contributed by atoms with Crippen LogP contribution in [0.4, 0.5) is 4.79 Å². The molecular formula is C15H21N3O5S. The summed E-state index contributed by atoms with van der Waals surface area (Å²) < 4.78 is 38.5. The van der Waals surface area contributed by atoms with E-state index in [4.69, 9.17) is 9.47 Å². The van der Waals surface area contributed by atoms with Crippen molar-refractivity contribution < 1.29 is 22.7 Å². The number of amides is 1. The fourth-order valence-corrected chi connectivity index (χ4v) is 3.95. The maximum atomic E-state index is 12.3. The average molecular weight is 355 g/mol. The highest BCUT2D eigenvalue weighted by molar-refractivity contribution is 7.89. The van der Waals surface area contributed by atoms with Gasteiger partial charge in [-0.05, 0) is 32.9 Å².